The molecule has 4 heteroatoms. The number of nitrogens with one attached hydrogen (secondary N) is 2. The van der Waals surface area contributed by atoms with Crippen molar-refractivity contribution >= 4 is 5.91 Å². The van der Waals surface area contributed by atoms with Crippen molar-refractivity contribution in [2.75, 3.05) is 0 Å². The van der Waals surface area contributed by atoms with Gasteiger partial charge in [-0.2, -0.15) is 0 Å². The molecular formula is C13H15N3O. The number of aryl methyl sites for hydroxylation is 2. The molecule has 0 aliphatic rings. The summed E-state index contributed by atoms with van der Waals surface area (Å²) in [6, 6.07) is 13.9. The molecule has 1 heterocycles. The zero-order valence-electron chi connectivity index (χ0n) is 9.44. The van der Waals surface area contributed by atoms with E-state index in [0.717, 1.165) is 18.5 Å². The number of H-pyrrole nitrogens is 1. The Hall–Kier alpha value is -2.07. The lowest BCUT2D eigenvalue weighted by atomic mass is 10.1. The molecule has 4 nitrogen and oxygen atoms in total. The topological polar surface area (TPSA) is 70.9 Å². The average molecular weight is 229 g/mol. The molecule has 0 bridgehead atoms. The Morgan fingerprint density at radius 3 is 2.59 bits per heavy atom. The summed E-state index contributed by atoms with van der Waals surface area (Å²) in [4.78, 5) is 14.3. The van der Waals surface area contributed by atoms with Crippen molar-refractivity contribution in [1.82, 2.24) is 10.4 Å². The lowest BCUT2D eigenvalue weighted by Crippen LogP contribution is -2.30. The number of benzene rings is 1. The van der Waals surface area contributed by atoms with Gasteiger partial charge in [0.25, 0.3) is 5.91 Å². The molecule has 1 aromatic carbocycles. The van der Waals surface area contributed by atoms with Gasteiger partial charge in [-0.15, -0.1) is 0 Å². The van der Waals surface area contributed by atoms with Gasteiger partial charge in [0.05, 0.1) is 0 Å². The second kappa shape index (κ2) is 5.32. The van der Waals surface area contributed by atoms with E-state index >= 15 is 0 Å². The highest BCUT2D eigenvalue weighted by molar-refractivity contribution is 5.91. The SMILES string of the molecule is NNC(=O)c1ccc(CCc2ccccc2)[nH]1. The summed E-state index contributed by atoms with van der Waals surface area (Å²) in [5.41, 5.74) is 4.91. The predicted octanol–water partition coefficient (Wildman–Crippen LogP) is 1.40. The molecule has 0 spiro atoms. The minimum absolute atomic E-state index is 0.295. The third kappa shape index (κ3) is 2.95. The van der Waals surface area contributed by atoms with Crippen LogP contribution in [0.4, 0.5) is 0 Å². The number of nitrogens with two attached hydrogens (primary N) is 1. The number of amides is 1. The van der Waals surface area contributed by atoms with E-state index in [4.69, 9.17) is 5.84 Å². The van der Waals surface area contributed by atoms with Crippen LogP contribution in [-0.2, 0) is 12.8 Å². The molecule has 1 amide bonds. The molecule has 0 fully saturated rings. The molecule has 0 saturated carbocycles. The zero-order chi connectivity index (χ0) is 12.1. The third-order valence-electron chi connectivity index (χ3n) is 2.65. The van der Waals surface area contributed by atoms with Crippen LogP contribution in [0, 0.1) is 0 Å². The molecule has 0 aliphatic heterocycles. The van der Waals surface area contributed by atoms with E-state index in [-0.39, 0.29) is 5.91 Å². The van der Waals surface area contributed by atoms with Crippen LogP contribution in [0.25, 0.3) is 0 Å². The fourth-order valence-electron chi connectivity index (χ4n) is 1.72. The van der Waals surface area contributed by atoms with Gasteiger partial charge in [0.15, 0.2) is 0 Å². The Labute approximate surface area is 99.8 Å². The molecule has 0 saturated heterocycles. The Morgan fingerprint density at radius 1 is 1.12 bits per heavy atom. The highest BCUT2D eigenvalue weighted by Crippen LogP contribution is 2.07. The van der Waals surface area contributed by atoms with Crippen molar-refractivity contribution in [1.29, 1.82) is 0 Å². The normalized spacial score (nSPS) is 10.2. The first-order valence-electron chi connectivity index (χ1n) is 5.52. The van der Waals surface area contributed by atoms with Gasteiger partial charge in [-0.3, -0.25) is 10.2 Å². The number of aromatic nitrogens is 1. The van der Waals surface area contributed by atoms with Crippen LogP contribution in [0.15, 0.2) is 42.5 Å². The van der Waals surface area contributed by atoms with E-state index in [1.54, 1.807) is 6.07 Å². The summed E-state index contributed by atoms with van der Waals surface area (Å²) in [6.45, 7) is 0. The summed E-state index contributed by atoms with van der Waals surface area (Å²) in [5, 5.41) is 0. The van der Waals surface area contributed by atoms with E-state index in [9.17, 15) is 4.79 Å². The van der Waals surface area contributed by atoms with Gasteiger partial charge >= 0.3 is 0 Å². The van der Waals surface area contributed by atoms with Crippen molar-refractivity contribution in [3.8, 4) is 0 Å². The average Bonchev–Trinajstić information content (AvgIpc) is 2.85. The smallest absolute Gasteiger partial charge is 0.281 e. The van der Waals surface area contributed by atoms with E-state index in [0.29, 0.717) is 5.69 Å². The van der Waals surface area contributed by atoms with Gasteiger partial charge in [0.1, 0.15) is 5.69 Å². The van der Waals surface area contributed by atoms with E-state index in [2.05, 4.69) is 22.5 Å². The van der Waals surface area contributed by atoms with Gasteiger partial charge in [-0.25, -0.2) is 5.84 Å². The highest BCUT2D eigenvalue weighted by Gasteiger charge is 2.05. The van der Waals surface area contributed by atoms with Gasteiger partial charge in [-0.1, -0.05) is 30.3 Å². The Morgan fingerprint density at radius 2 is 1.88 bits per heavy atom. The minimum Gasteiger partial charge on any atom is -0.354 e. The van der Waals surface area contributed by atoms with E-state index < -0.39 is 0 Å². The molecule has 2 rings (SSSR count). The van der Waals surface area contributed by atoms with Crippen molar-refractivity contribution in [3.05, 3.63) is 59.4 Å². The van der Waals surface area contributed by atoms with Gasteiger partial charge < -0.3 is 4.98 Å². The monoisotopic (exact) mass is 229 g/mol. The number of carbonyl (C=O) groups is 1. The maximum Gasteiger partial charge on any atom is 0.281 e. The summed E-state index contributed by atoms with van der Waals surface area (Å²) >= 11 is 0. The molecule has 17 heavy (non-hydrogen) atoms. The highest BCUT2D eigenvalue weighted by atomic mass is 16.2. The van der Waals surface area contributed by atoms with E-state index in [1.165, 1.54) is 5.56 Å². The number of hydrazine groups is 1. The predicted molar refractivity (Wildman–Crippen MR) is 66.3 cm³/mol. The molecule has 0 atom stereocenters. The lowest BCUT2D eigenvalue weighted by molar-refractivity contribution is 0.0949. The van der Waals surface area contributed by atoms with E-state index in [1.807, 2.05) is 24.3 Å². The largest absolute Gasteiger partial charge is 0.354 e. The number of aromatic amines is 1. The van der Waals surface area contributed by atoms with Crippen LogP contribution in [0.5, 0.6) is 0 Å². The maximum atomic E-state index is 11.2. The minimum atomic E-state index is -0.295. The number of rotatable bonds is 4. The van der Waals surface area contributed by atoms with Crippen LogP contribution in [-0.4, -0.2) is 10.9 Å². The number of nitrogen functional groups attached to an aromatic ring is 1. The van der Waals surface area contributed by atoms with Crippen molar-refractivity contribution in [2.24, 2.45) is 5.84 Å². The summed E-state index contributed by atoms with van der Waals surface area (Å²) in [7, 11) is 0. The Bertz CT molecular complexity index is 490. The first-order valence-corrected chi connectivity index (χ1v) is 5.52. The maximum absolute atomic E-state index is 11.2. The fraction of sp³-hybridized carbons (Fsp3) is 0.154. The summed E-state index contributed by atoms with van der Waals surface area (Å²) in [5.74, 6) is 4.76. The number of hydrogen-bond donors (Lipinski definition) is 3. The van der Waals surface area contributed by atoms with Crippen LogP contribution in [0.3, 0.4) is 0 Å². The summed E-state index contributed by atoms with van der Waals surface area (Å²) in [6.07, 6.45) is 1.83. The molecule has 88 valence electrons. The number of carbonyl (C=O) groups excluding carboxylic acids is 1. The van der Waals surface area contributed by atoms with Gasteiger partial charge in [-0.05, 0) is 30.5 Å². The quantitative estimate of drug-likeness (QED) is 0.421. The molecule has 0 radical (unpaired) electrons. The zero-order valence-corrected chi connectivity index (χ0v) is 9.44. The Balaban J connectivity index is 1.96. The van der Waals surface area contributed by atoms with Crippen LogP contribution in [0.1, 0.15) is 21.7 Å². The first kappa shape index (κ1) is 11.4. The van der Waals surface area contributed by atoms with Crippen molar-refractivity contribution < 1.29 is 4.79 Å². The molecular weight excluding hydrogens is 214 g/mol. The standard InChI is InChI=1S/C13H15N3O/c14-16-13(17)12-9-8-11(15-12)7-6-10-4-2-1-3-5-10/h1-5,8-9,15H,6-7,14H2,(H,16,17). The van der Waals surface area contributed by atoms with Crippen molar-refractivity contribution in [3.63, 3.8) is 0 Å². The molecule has 0 aliphatic carbocycles. The molecule has 0 unspecified atom stereocenters. The van der Waals surface area contributed by atoms with Crippen LogP contribution in [0.2, 0.25) is 0 Å². The van der Waals surface area contributed by atoms with Crippen molar-refractivity contribution in [2.45, 2.75) is 12.8 Å². The summed E-state index contributed by atoms with van der Waals surface area (Å²) < 4.78 is 0. The van der Waals surface area contributed by atoms with Crippen LogP contribution < -0.4 is 11.3 Å². The van der Waals surface area contributed by atoms with Crippen LogP contribution >= 0.6 is 0 Å². The second-order valence-corrected chi connectivity index (χ2v) is 3.86. The molecule has 1 aromatic heterocycles. The second-order valence-electron chi connectivity index (χ2n) is 3.86. The number of hydrogen-bond acceptors (Lipinski definition) is 2. The lowest BCUT2D eigenvalue weighted by Gasteiger charge is -1.99. The molecule has 2 aromatic rings. The van der Waals surface area contributed by atoms with Gasteiger partial charge in [0.2, 0.25) is 0 Å². The molecule has 4 N–H and O–H groups in total. The Kier molecular flexibility index (Phi) is 3.57. The van der Waals surface area contributed by atoms with Gasteiger partial charge in [0, 0.05) is 5.69 Å². The fourth-order valence-corrected chi connectivity index (χ4v) is 1.72. The third-order valence-corrected chi connectivity index (χ3v) is 2.65. The first-order chi connectivity index (χ1) is 8.29.